The maximum atomic E-state index is 12.2. The predicted molar refractivity (Wildman–Crippen MR) is 90.1 cm³/mol. The summed E-state index contributed by atoms with van der Waals surface area (Å²) >= 11 is 0. The summed E-state index contributed by atoms with van der Waals surface area (Å²) < 4.78 is 11.3. The number of hydrogen-bond acceptors (Lipinski definition) is 5. The highest BCUT2D eigenvalue weighted by Gasteiger charge is 2.28. The summed E-state index contributed by atoms with van der Waals surface area (Å²) in [4.78, 5) is 20.2. The average molecular weight is 330 g/mol. The van der Waals surface area contributed by atoms with Gasteiger partial charge in [-0.25, -0.2) is 9.78 Å². The van der Waals surface area contributed by atoms with Gasteiger partial charge in [0.1, 0.15) is 11.9 Å². The number of ether oxygens (including phenoxy) is 1. The summed E-state index contributed by atoms with van der Waals surface area (Å²) in [5, 5.41) is 2.86. The predicted octanol–water partition coefficient (Wildman–Crippen LogP) is 2.10. The van der Waals surface area contributed by atoms with Crippen molar-refractivity contribution in [3.05, 3.63) is 42.5 Å². The Balaban J connectivity index is 1.53. The number of urea groups is 1. The summed E-state index contributed by atoms with van der Waals surface area (Å²) in [5.41, 5.74) is 0. The van der Waals surface area contributed by atoms with E-state index in [9.17, 15) is 4.79 Å². The second-order valence-electron chi connectivity index (χ2n) is 5.93. The van der Waals surface area contributed by atoms with Gasteiger partial charge in [-0.3, -0.25) is 0 Å². The maximum absolute atomic E-state index is 12.2. The molecule has 0 aromatic carbocycles. The lowest BCUT2D eigenvalue weighted by atomic mass is 10.3. The number of amides is 2. The van der Waals surface area contributed by atoms with Crippen LogP contribution < -0.4 is 15.0 Å². The molecule has 24 heavy (non-hydrogen) atoms. The van der Waals surface area contributed by atoms with Gasteiger partial charge in [-0.1, -0.05) is 0 Å². The highest BCUT2D eigenvalue weighted by Crippen LogP contribution is 2.26. The largest absolute Gasteiger partial charge is 0.485 e. The first kappa shape index (κ1) is 16.2. The number of hydrogen-bond donors (Lipinski definition) is 1. The van der Waals surface area contributed by atoms with Crippen LogP contribution in [0.1, 0.15) is 12.2 Å². The molecule has 1 aliphatic heterocycles. The molecule has 128 valence electrons. The number of anilines is 1. The molecule has 1 fully saturated rings. The van der Waals surface area contributed by atoms with E-state index in [1.165, 1.54) is 0 Å². The van der Waals surface area contributed by atoms with Crippen molar-refractivity contribution in [1.29, 1.82) is 0 Å². The Bertz CT molecular complexity index is 672. The van der Waals surface area contributed by atoms with Crippen LogP contribution in [0.3, 0.4) is 0 Å². The Morgan fingerprint density at radius 2 is 2.33 bits per heavy atom. The van der Waals surface area contributed by atoms with Crippen LogP contribution in [0.15, 0.2) is 41.1 Å². The van der Waals surface area contributed by atoms with Crippen LogP contribution in [0.2, 0.25) is 0 Å². The molecular formula is C17H22N4O3. The quantitative estimate of drug-likeness (QED) is 0.909. The number of nitrogens with zero attached hydrogens (tertiary/aromatic N) is 3. The molecule has 0 radical (unpaired) electrons. The lowest BCUT2D eigenvalue weighted by Crippen LogP contribution is -2.39. The van der Waals surface area contributed by atoms with Gasteiger partial charge in [0.25, 0.3) is 0 Å². The minimum atomic E-state index is -0.100. The summed E-state index contributed by atoms with van der Waals surface area (Å²) in [6.07, 6.45) is 4.11. The van der Waals surface area contributed by atoms with E-state index in [1.54, 1.807) is 23.4 Å². The van der Waals surface area contributed by atoms with Gasteiger partial charge in [-0.15, -0.1) is 0 Å². The molecule has 7 nitrogen and oxygen atoms in total. The van der Waals surface area contributed by atoms with Crippen LogP contribution in [-0.4, -0.2) is 49.2 Å². The van der Waals surface area contributed by atoms with Crippen LogP contribution in [0.25, 0.3) is 0 Å². The van der Waals surface area contributed by atoms with Gasteiger partial charge in [0.05, 0.1) is 19.4 Å². The molecule has 2 aromatic heterocycles. The van der Waals surface area contributed by atoms with Crippen molar-refractivity contribution in [2.24, 2.45) is 0 Å². The Kier molecular flexibility index (Phi) is 4.88. The molecule has 2 aromatic rings. The fraction of sp³-hybridized carbons (Fsp3) is 0.412. The molecule has 1 saturated heterocycles. The van der Waals surface area contributed by atoms with Crippen molar-refractivity contribution in [3.8, 4) is 5.75 Å². The average Bonchev–Trinajstić information content (AvgIpc) is 3.24. The maximum Gasteiger partial charge on any atom is 0.317 e. The van der Waals surface area contributed by atoms with Crippen molar-refractivity contribution < 1.29 is 13.9 Å². The lowest BCUT2D eigenvalue weighted by Gasteiger charge is -2.20. The zero-order valence-corrected chi connectivity index (χ0v) is 13.9. The Morgan fingerprint density at radius 3 is 3.08 bits per heavy atom. The van der Waals surface area contributed by atoms with Gasteiger partial charge in [0.15, 0.2) is 11.6 Å². The van der Waals surface area contributed by atoms with E-state index in [-0.39, 0.29) is 12.1 Å². The van der Waals surface area contributed by atoms with Crippen LogP contribution in [0.4, 0.5) is 10.6 Å². The van der Waals surface area contributed by atoms with Crippen molar-refractivity contribution in [1.82, 2.24) is 15.2 Å². The number of rotatable bonds is 5. The summed E-state index contributed by atoms with van der Waals surface area (Å²) in [6.45, 7) is 1.62. The first-order valence-electron chi connectivity index (χ1n) is 7.97. The summed E-state index contributed by atoms with van der Waals surface area (Å²) in [5.74, 6) is 2.27. The molecule has 3 heterocycles. The smallest absolute Gasteiger partial charge is 0.317 e. The minimum absolute atomic E-state index is 0.0257. The van der Waals surface area contributed by atoms with Gasteiger partial charge in [0, 0.05) is 33.3 Å². The third-order valence-electron chi connectivity index (χ3n) is 3.89. The molecule has 1 atom stereocenters. The molecule has 1 N–H and O–H groups in total. The fourth-order valence-corrected chi connectivity index (χ4v) is 2.69. The van der Waals surface area contributed by atoms with Crippen molar-refractivity contribution in [2.75, 3.05) is 32.1 Å². The number of aromatic nitrogens is 1. The van der Waals surface area contributed by atoms with Gasteiger partial charge < -0.3 is 24.3 Å². The molecule has 7 heteroatoms. The number of nitrogens with one attached hydrogen (secondary N) is 1. The van der Waals surface area contributed by atoms with E-state index in [4.69, 9.17) is 9.15 Å². The lowest BCUT2D eigenvalue weighted by molar-refractivity contribution is 0.186. The van der Waals surface area contributed by atoms with Crippen molar-refractivity contribution in [2.45, 2.75) is 19.1 Å². The number of likely N-dealkylation sites (tertiary alicyclic amines) is 1. The second kappa shape index (κ2) is 7.25. The van der Waals surface area contributed by atoms with Crippen LogP contribution in [0.5, 0.6) is 5.75 Å². The number of carbonyl (C=O) groups excluding carboxylic acids is 1. The zero-order valence-electron chi connectivity index (χ0n) is 13.9. The van der Waals surface area contributed by atoms with Crippen LogP contribution >= 0.6 is 0 Å². The Labute approximate surface area is 141 Å². The minimum Gasteiger partial charge on any atom is -0.485 e. The topological polar surface area (TPSA) is 70.8 Å². The third-order valence-corrected chi connectivity index (χ3v) is 3.89. The third kappa shape index (κ3) is 3.79. The first-order chi connectivity index (χ1) is 11.6. The highest BCUT2D eigenvalue weighted by atomic mass is 16.5. The van der Waals surface area contributed by atoms with Crippen molar-refractivity contribution >= 4 is 11.8 Å². The number of carbonyl (C=O) groups is 1. The summed E-state index contributed by atoms with van der Waals surface area (Å²) in [7, 11) is 3.86. The van der Waals surface area contributed by atoms with Gasteiger partial charge >= 0.3 is 6.03 Å². The standard InChI is InChI=1S/C17H22N4O3/c1-20(2)16-15(6-3-8-18-16)24-14-7-9-21(12-14)17(22)19-11-13-5-4-10-23-13/h3-6,8,10,14H,7,9,11-12H2,1-2H3,(H,19,22). The number of pyridine rings is 1. The van der Waals surface area contributed by atoms with E-state index < -0.39 is 0 Å². The molecule has 3 rings (SSSR count). The van der Waals surface area contributed by atoms with Gasteiger partial charge in [-0.2, -0.15) is 0 Å². The van der Waals surface area contributed by atoms with Gasteiger partial charge in [0.2, 0.25) is 0 Å². The molecule has 0 bridgehead atoms. The van der Waals surface area contributed by atoms with Crippen LogP contribution in [-0.2, 0) is 6.54 Å². The molecule has 0 aliphatic carbocycles. The van der Waals surface area contributed by atoms with E-state index in [2.05, 4.69) is 10.3 Å². The zero-order chi connectivity index (χ0) is 16.9. The molecule has 0 saturated carbocycles. The Morgan fingerprint density at radius 1 is 1.46 bits per heavy atom. The molecule has 0 spiro atoms. The highest BCUT2D eigenvalue weighted by molar-refractivity contribution is 5.74. The normalized spacial score (nSPS) is 16.9. The molecule has 1 unspecified atom stereocenters. The first-order valence-corrected chi connectivity index (χ1v) is 7.97. The SMILES string of the molecule is CN(C)c1ncccc1OC1CCN(C(=O)NCc2ccco2)C1. The van der Waals surface area contributed by atoms with E-state index in [0.29, 0.717) is 19.6 Å². The van der Waals surface area contributed by atoms with Crippen LogP contribution in [0, 0.1) is 0 Å². The van der Waals surface area contributed by atoms with Gasteiger partial charge in [-0.05, 0) is 24.3 Å². The number of furan rings is 1. The summed E-state index contributed by atoms with van der Waals surface area (Å²) in [6, 6.07) is 7.29. The fourth-order valence-electron chi connectivity index (χ4n) is 2.69. The monoisotopic (exact) mass is 330 g/mol. The van der Waals surface area contributed by atoms with E-state index in [0.717, 1.165) is 23.7 Å². The van der Waals surface area contributed by atoms with E-state index in [1.807, 2.05) is 37.2 Å². The Hall–Kier alpha value is -2.70. The molecule has 1 aliphatic rings. The second-order valence-corrected chi connectivity index (χ2v) is 5.93. The molecule has 2 amide bonds. The van der Waals surface area contributed by atoms with E-state index >= 15 is 0 Å². The molecular weight excluding hydrogens is 308 g/mol. The van der Waals surface area contributed by atoms with Crippen molar-refractivity contribution in [3.63, 3.8) is 0 Å².